The van der Waals surface area contributed by atoms with Crippen molar-refractivity contribution in [2.45, 2.75) is 45.1 Å². The first-order chi connectivity index (χ1) is 21.5. The molecule has 3 fully saturated rings. The Kier molecular flexibility index (Phi) is 7.90. The Bertz CT molecular complexity index is 1750. The number of carbonyl (C=O) groups is 1. The van der Waals surface area contributed by atoms with Crippen molar-refractivity contribution in [3.8, 4) is 17.7 Å². The largest absolute Gasteiger partial charge is 0.478 e. The van der Waals surface area contributed by atoms with Crippen LogP contribution in [0.2, 0.25) is 0 Å². The second kappa shape index (κ2) is 12.3. The van der Waals surface area contributed by atoms with E-state index in [0.29, 0.717) is 36.0 Å². The predicted octanol–water partition coefficient (Wildman–Crippen LogP) is 4.72. The standard InChI is InChI=1S/C34H34FN5O4/c35-28-18-24(7-6-23-4-5-23)8-9-26(28)22-44-33-3-1-2-31(37-33)39-15-13-38(14-16-39)21-32-36-29-11-10-25(34(41)42)19-30(29)40(32)20-27-12-17-43-27/h1-3,8-11,18-19,23,27H,4-5,12-17,20-22H2,(H,41,42). The fraction of sp³-hybridized carbons (Fsp3) is 0.382. The molecule has 3 aliphatic rings. The van der Waals surface area contributed by atoms with E-state index in [2.05, 4.69) is 26.2 Å². The third-order valence-electron chi connectivity index (χ3n) is 8.45. The number of benzene rings is 2. The van der Waals surface area contributed by atoms with Crippen molar-refractivity contribution in [1.82, 2.24) is 19.4 Å². The van der Waals surface area contributed by atoms with E-state index in [9.17, 15) is 14.3 Å². The van der Waals surface area contributed by atoms with E-state index >= 15 is 0 Å². The summed E-state index contributed by atoms with van der Waals surface area (Å²) in [5.74, 6) is 7.60. The Balaban J connectivity index is 0.975. The summed E-state index contributed by atoms with van der Waals surface area (Å²) in [5.41, 5.74) is 3.03. The summed E-state index contributed by atoms with van der Waals surface area (Å²) < 4.78 is 28.4. The van der Waals surface area contributed by atoms with E-state index in [1.54, 1.807) is 30.3 Å². The molecule has 9 nitrogen and oxygen atoms in total. The second-order valence-electron chi connectivity index (χ2n) is 11.7. The molecule has 2 saturated heterocycles. The SMILES string of the molecule is O=C(O)c1ccc2nc(CN3CCN(c4cccc(OCc5ccc(C#CC6CC6)cc5F)n4)CC3)n(CC3CCO3)c2c1. The molecule has 4 aromatic rings. The summed E-state index contributed by atoms with van der Waals surface area (Å²) in [6.07, 6.45) is 3.39. The van der Waals surface area contributed by atoms with E-state index in [4.69, 9.17) is 19.4 Å². The van der Waals surface area contributed by atoms with Crippen LogP contribution in [-0.4, -0.2) is 69.4 Å². The number of imidazole rings is 1. The van der Waals surface area contributed by atoms with Gasteiger partial charge in [-0.3, -0.25) is 4.90 Å². The van der Waals surface area contributed by atoms with Crippen molar-refractivity contribution in [1.29, 1.82) is 0 Å². The highest BCUT2D eigenvalue weighted by molar-refractivity contribution is 5.92. The number of pyridine rings is 1. The number of carboxylic acids is 1. The van der Waals surface area contributed by atoms with Gasteiger partial charge in [0.15, 0.2) is 0 Å². The maximum atomic E-state index is 14.7. The minimum atomic E-state index is -0.948. The van der Waals surface area contributed by atoms with Crippen LogP contribution >= 0.6 is 0 Å². The average molecular weight is 596 g/mol. The number of piperazine rings is 1. The van der Waals surface area contributed by atoms with E-state index in [1.807, 2.05) is 18.2 Å². The van der Waals surface area contributed by atoms with Gasteiger partial charge in [-0.1, -0.05) is 24.0 Å². The molecule has 1 atom stereocenters. The fourth-order valence-electron chi connectivity index (χ4n) is 5.56. The van der Waals surface area contributed by atoms with Crippen LogP contribution in [0.25, 0.3) is 11.0 Å². The summed E-state index contributed by atoms with van der Waals surface area (Å²) in [7, 11) is 0. The van der Waals surface area contributed by atoms with E-state index < -0.39 is 5.97 Å². The van der Waals surface area contributed by atoms with Crippen LogP contribution in [0.4, 0.5) is 10.2 Å². The average Bonchev–Trinajstić information content (AvgIpc) is 3.78. The maximum absolute atomic E-state index is 14.7. The Morgan fingerprint density at radius 2 is 1.89 bits per heavy atom. The predicted molar refractivity (Wildman–Crippen MR) is 163 cm³/mol. The monoisotopic (exact) mass is 595 g/mol. The number of carboxylic acid groups (broad SMARTS) is 1. The molecule has 44 heavy (non-hydrogen) atoms. The van der Waals surface area contributed by atoms with Gasteiger partial charge in [0, 0.05) is 55.9 Å². The van der Waals surface area contributed by atoms with E-state index in [0.717, 1.165) is 74.7 Å². The molecule has 0 bridgehead atoms. The summed E-state index contributed by atoms with van der Waals surface area (Å²) in [6.45, 7) is 5.36. The molecule has 4 heterocycles. The Morgan fingerprint density at radius 3 is 2.61 bits per heavy atom. The van der Waals surface area contributed by atoms with Gasteiger partial charge in [0.05, 0.1) is 35.8 Å². The van der Waals surface area contributed by atoms with E-state index in [1.165, 1.54) is 6.07 Å². The van der Waals surface area contributed by atoms with Gasteiger partial charge in [-0.05, 0) is 55.7 Å². The molecule has 1 aliphatic carbocycles. The van der Waals surface area contributed by atoms with Crippen molar-refractivity contribution in [3.05, 3.63) is 82.9 Å². The van der Waals surface area contributed by atoms with Crippen molar-refractivity contribution in [3.63, 3.8) is 0 Å². The molecule has 0 amide bonds. The first-order valence-corrected chi connectivity index (χ1v) is 15.2. The fourth-order valence-corrected chi connectivity index (χ4v) is 5.56. The van der Waals surface area contributed by atoms with Crippen molar-refractivity contribution in [2.75, 3.05) is 37.7 Å². The van der Waals surface area contributed by atoms with Crippen LogP contribution in [0.1, 0.15) is 46.6 Å². The Labute approximate surface area is 255 Å². The molecule has 2 aromatic heterocycles. The molecule has 7 rings (SSSR count). The lowest BCUT2D eigenvalue weighted by atomic mass is 10.1. The van der Waals surface area contributed by atoms with Gasteiger partial charge in [0.2, 0.25) is 5.88 Å². The van der Waals surface area contributed by atoms with Crippen LogP contribution in [0.5, 0.6) is 5.88 Å². The zero-order valence-electron chi connectivity index (χ0n) is 24.4. The summed E-state index contributed by atoms with van der Waals surface area (Å²) in [6, 6.07) is 15.8. The van der Waals surface area contributed by atoms with Crippen LogP contribution in [-0.2, 0) is 24.4 Å². The normalized spacial score (nSPS) is 18.5. The molecule has 0 radical (unpaired) electrons. The van der Waals surface area contributed by atoms with Gasteiger partial charge in [-0.25, -0.2) is 14.2 Å². The molecule has 1 unspecified atom stereocenters. The molecule has 2 aliphatic heterocycles. The van der Waals surface area contributed by atoms with Gasteiger partial charge in [-0.15, -0.1) is 0 Å². The number of aromatic nitrogens is 3. The highest BCUT2D eigenvalue weighted by atomic mass is 19.1. The lowest BCUT2D eigenvalue weighted by Gasteiger charge is -2.35. The number of nitrogens with zero attached hydrogens (tertiary/aromatic N) is 5. The van der Waals surface area contributed by atoms with Crippen molar-refractivity contribution >= 4 is 22.8 Å². The highest BCUT2D eigenvalue weighted by Gasteiger charge is 2.25. The summed E-state index contributed by atoms with van der Waals surface area (Å²) >= 11 is 0. The van der Waals surface area contributed by atoms with Crippen LogP contribution in [0, 0.1) is 23.6 Å². The van der Waals surface area contributed by atoms with Gasteiger partial charge >= 0.3 is 5.97 Å². The number of anilines is 1. The smallest absolute Gasteiger partial charge is 0.335 e. The van der Waals surface area contributed by atoms with E-state index in [-0.39, 0.29) is 24.1 Å². The number of hydrogen-bond donors (Lipinski definition) is 1. The quantitative estimate of drug-likeness (QED) is 0.278. The summed E-state index contributed by atoms with van der Waals surface area (Å²) in [4.78, 5) is 25.8. The second-order valence-corrected chi connectivity index (χ2v) is 11.7. The van der Waals surface area contributed by atoms with Gasteiger partial charge < -0.3 is 24.0 Å². The zero-order chi connectivity index (χ0) is 30.0. The Morgan fingerprint density at radius 1 is 1.05 bits per heavy atom. The minimum absolute atomic E-state index is 0.0905. The molecule has 0 spiro atoms. The van der Waals surface area contributed by atoms with Gasteiger partial charge in [0.25, 0.3) is 0 Å². The molecular formula is C34H34FN5O4. The molecule has 10 heteroatoms. The lowest BCUT2D eigenvalue weighted by Crippen LogP contribution is -2.46. The third kappa shape index (κ3) is 6.39. The molecule has 1 N–H and O–H groups in total. The highest BCUT2D eigenvalue weighted by Crippen LogP contribution is 2.28. The van der Waals surface area contributed by atoms with Gasteiger partial charge in [0.1, 0.15) is 24.1 Å². The first-order valence-electron chi connectivity index (χ1n) is 15.2. The topological polar surface area (TPSA) is 93.0 Å². The van der Waals surface area contributed by atoms with Crippen LogP contribution < -0.4 is 9.64 Å². The number of ether oxygens (including phenoxy) is 2. The summed E-state index contributed by atoms with van der Waals surface area (Å²) in [5, 5.41) is 9.51. The number of hydrogen-bond acceptors (Lipinski definition) is 7. The Hall–Kier alpha value is -4.46. The molecule has 226 valence electrons. The molecular weight excluding hydrogens is 561 g/mol. The van der Waals surface area contributed by atoms with Gasteiger partial charge in [-0.2, -0.15) is 4.98 Å². The van der Waals surface area contributed by atoms with Crippen LogP contribution in [0.3, 0.4) is 0 Å². The number of rotatable bonds is 9. The van der Waals surface area contributed by atoms with Crippen LogP contribution in [0.15, 0.2) is 54.6 Å². The zero-order valence-corrected chi connectivity index (χ0v) is 24.4. The van der Waals surface area contributed by atoms with Crippen molar-refractivity contribution in [2.24, 2.45) is 5.92 Å². The lowest BCUT2D eigenvalue weighted by molar-refractivity contribution is -0.0592. The first kappa shape index (κ1) is 28.3. The number of fused-ring (bicyclic) bond motifs is 1. The third-order valence-corrected chi connectivity index (χ3v) is 8.45. The molecule has 1 saturated carbocycles. The minimum Gasteiger partial charge on any atom is -0.478 e. The van der Waals surface area contributed by atoms with Crippen molar-refractivity contribution < 1.29 is 23.8 Å². The maximum Gasteiger partial charge on any atom is 0.335 e. The molecule has 2 aromatic carbocycles. The number of aromatic carboxylic acids is 1. The number of halogens is 1.